The first-order valence-electron chi connectivity index (χ1n) is 7.67. The second-order valence-electron chi connectivity index (χ2n) is 5.24. The van der Waals surface area contributed by atoms with Crippen LogP contribution in [-0.2, 0) is 9.31 Å². The Bertz CT molecular complexity index is 702. The fourth-order valence-corrected chi connectivity index (χ4v) is 1.57. The van der Waals surface area contributed by atoms with E-state index in [2.05, 4.69) is 0 Å². The summed E-state index contributed by atoms with van der Waals surface area (Å²) in [5, 5.41) is 0. The molecule has 0 spiro atoms. The van der Waals surface area contributed by atoms with Gasteiger partial charge in [-0.25, -0.2) is 0 Å². The molecule has 0 aliphatic carbocycles. The Hall–Kier alpha value is -1.21. The lowest BCUT2D eigenvalue weighted by Crippen LogP contribution is -2.41. The summed E-state index contributed by atoms with van der Waals surface area (Å²) in [4.78, 5) is 11.7. The summed E-state index contributed by atoms with van der Waals surface area (Å²) in [6, 6.07) is -1.77. The zero-order valence-electron chi connectivity index (χ0n) is 15.0. The third kappa shape index (κ3) is 2.44. The van der Waals surface area contributed by atoms with Gasteiger partial charge in [-0.2, -0.15) is 8.78 Å². The zero-order chi connectivity index (χ0) is 18.0. The molecular formula is C12H16BF2NO3. The number of alkyl halides is 2. The second kappa shape index (κ2) is 4.42. The lowest BCUT2D eigenvalue weighted by molar-refractivity contribution is 0.00578. The van der Waals surface area contributed by atoms with Crippen LogP contribution in [0.2, 0.25) is 0 Å². The lowest BCUT2D eigenvalue weighted by atomic mass is 9.80. The highest BCUT2D eigenvalue weighted by Gasteiger charge is 2.51. The van der Waals surface area contributed by atoms with Gasteiger partial charge in [-0.1, -0.05) is 6.04 Å². The van der Waals surface area contributed by atoms with Gasteiger partial charge in [0.2, 0.25) is 0 Å². The third-order valence-electron chi connectivity index (χ3n) is 3.40. The molecule has 1 fully saturated rings. The quantitative estimate of drug-likeness (QED) is 0.769. The van der Waals surface area contributed by atoms with Gasteiger partial charge in [0.15, 0.2) is 0 Å². The molecule has 4 nitrogen and oxygen atoms in total. The number of pyridine rings is 1. The minimum Gasteiger partial charge on any atom is -0.399 e. The molecule has 19 heavy (non-hydrogen) atoms. The van der Waals surface area contributed by atoms with Gasteiger partial charge in [-0.15, -0.1) is 0 Å². The van der Waals surface area contributed by atoms with Crippen LogP contribution in [0.3, 0.4) is 0 Å². The van der Waals surface area contributed by atoms with Crippen molar-refractivity contribution in [2.24, 2.45) is 0 Å². The van der Waals surface area contributed by atoms with Gasteiger partial charge in [0.25, 0.3) is 5.56 Å². The SMILES string of the molecule is [2H]c1c(B2OC(C)(C)C(C)(C)O2)c([2H])n(C([2H])(F)F)c(=O)c1[2H]. The summed E-state index contributed by atoms with van der Waals surface area (Å²) in [7, 11) is -1.36. The Labute approximate surface area is 116 Å². The van der Waals surface area contributed by atoms with Crippen LogP contribution in [-0.4, -0.2) is 22.9 Å². The van der Waals surface area contributed by atoms with Gasteiger partial charge in [0, 0.05) is 12.2 Å². The van der Waals surface area contributed by atoms with Crippen molar-refractivity contribution in [3.63, 3.8) is 0 Å². The van der Waals surface area contributed by atoms with Crippen LogP contribution in [0.4, 0.5) is 8.78 Å². The molecule has 7 heteroatoms. The molecule has 0 unspecified atom stereocenters. The molecule has 2 rings (SSSR count). The van der Waals surface area contributed by atoms with Crippen LogP contribution in [0.5, 0.6) is 0 Å². The normalized spacial score (nSPS) is 24.6. The summed E-state index contributed by atoms with van der Waals surface area (Å²) in [5.41, 5.74) is -3.77. The van der Waals surface area contributed by atoms with E-state index in [4.69, 9.17) is 14.8 Å². The predicted octanol–water partition coefficient (Wildman–Crippen LogP) is 1.54. The highest BCUT2D eigenvalue weighted by atomic mass is 19.3. The highest BCUT2D eigenvalue weighted by molar-refractivity contribution is 6.62. The predicted molar refractivity (Wildman–Crippen MR) is 67.7 cm³/mol. The van der Waals surface area contributed by atoms with Gasteiger partial charge in [-0.05, 0) is 33.2 Å². The number of nitrogens with zero attached hydrogens (tertiary/aromatic N) is 1. The van der Waals surface area contributed by atoms with Crippen LogP contribution >= 0.6 is 0 Å². The summed E-state index contributed by atoms with van der Waals surface area (Å²) in [6.07, 6.45) is -1.07. The van der Waals surface area contributed by atoms with Crippen LogP contribution in [0.1, 0.15) is 39.7 Å². The summed E-state index contributed by atoms with van der Waals surface area (Å²) >= 11 is 0. The van der Waals surface area contributed by atoms with E-state index in [1.807, 2.05) is 0 Å². The first-order valence-corrected chi connectivity index (χ1v) is 5.67. The van der Waals surface area contributed by atoms with E-state index in [1.54, 1.807) is 27.7 Å². The van der Waals surface area contributed by atoms with Crippen molar-refractivity contribution in [3.05, 3.63) is 28.6 Å². The molecule has 0 N–H and O–H groups in total. The number of rotatable bonds is 2. The molecule has 0 saturated carbocycles. The van der Waals surface area contributed by atoms with Gasteiger partial charge < -0.3 is 9.31 Å². The molecule has 2 heterocycles. The van der Waals surface area contributed by atoms with E-state index in [9.17, 15) is 13.6 Å². The average molecular weight is 275 g/mol. The monoisotopic (exact) mass is 275 g/mol. The molecule has 104 valence electrons. The number of aromatic nitrogens is 1. The van der Waals surface area contributed by atoms with Crippen LogP contribution in [0.25, 0.3) is 0 Å². The molecular weight excluding hydrogens is 255 g/mol. The number of hydrogen-bond acceptors (Lipinski definition) is 3. The third-order valence-corrected chi connectivity index (χ3v) is 3.40. The Morgan fingerprint density at radius 2 is 1.84 bits per heavy atom. The van der Waals surface area contributed by atoms with E-state index in [-0.39, 0.29) is 0 Å². The fraction of sp³-hybridized carbons (Fsp3) is 0.583. The van der Waals surface area contributed by atoms with Crippen LogP contribution in [0, 0.1) is 0 Å². The van der Waals surface area contributed by atoms with Crippen molar-refractivity contribution in [2.75, 3.05) is 0 Å². The molecule has 0 bridgehead atoms. The van der Waals surface area contributed by atoms with Gasteiger partial charge >= 0.3 is 13.6 Å². The fourth-order valence-electron chi connectivity index (χ4n) is 1.57. The molecule has 0 aromatic carbocycles. The molecule has 1 saturated heterocycles. The van der Waals surface area contributed by atoms with E-state index in [0.29, 0.717) is 0 Å². The molecule has 1 aliphatic rings. The van der Waals surface area contributed by atoms with Crippen molar-refractivity contribution in [1.82, 2.24) is 4.57 Å². The Balaban J connectivity index is 2.71. The molecule has 0 atom stereocenters. The van der Waals surface area contributed by atoms with E-state index in [1.165, 1.54) is 0 Å². The standard InChI is InChI=1S/C12H16BF2NO3/c1-11(2)12(3,4)19-13(18-11)8-5-6-9(17)16(7-8)10(14)15/h5-7,10H,1-4H3/i5D,6D,7D,10D. The van der Waals surface area contributed by atoms with E-state index >= 15 is 0 Å². The first kappa shape index (κ1) is 9.66. The maximum Gasteiger partial charge on any atom is 0.496 e. The average Bonchev–Trinajstić information content (AvgIpc) is 2.53. The molecule has 1 aromatic heterocycles. The number of hydrogen-bond donors (Lipinski definition) is 0. The minimum atomic E-state index is -4.43. The summed E-state index contributed by atoms with van der Waals surface area (Å²) < 4.78 is 67.3. The van der Waals surface area contributed by atoms with Crippen molar-refractivity contribution in [1.29, 1.82) is 0 Å². The molecule has 1 aliphatic heterocycles. The van der Waals surface area contributed by atoms with Crippen molar-refractivity contribution in [3.8, 4) is 0 Å². The maximum absolute atomic E-state index is 13.3. The Morgan fingerprint density at radius 1 is 1.32 bits per heavy atom. The number of halogens is 2. The molecule has 1 aromatic rings. The lowest BCUT2D eigenvalue weighted by Gasteiger charge is -2.32. The summed E-state index contributed by atoms with van der Waals surface area (Å²) in [5.74, 6) is 0. The summed E-state index contributed by atoms with van der Waals surface area (Å²) in [6.45, 7) is 2.33. The second-order valence-corrected chi connectivity index (χ2v) is 5.24. The van der Waals surface area contributed by atoms with Gasteiger partial charge in [-0.3, -0.25) is 9.36 Å². The first-order chi connectivity index (χ1) is 10.2. The van der Waals surface area contributed by atoms with Crippen molar-refractivity contribution >= 4 is 12.6 Å². The largest absolute Gasteiger partial charge is 0.496 e. The topological polar surface area (TPSA) is 40.5 Å². The van der Waals surface area contributed by atoms with Gasteiger partial charge in [0.05, 0.1) is 15.3 Å². The Morgan fingerprint density at radius 3 is 2.32 bits per heavy atom. The van der Waals surface area contributed by atoms with Crippen LogP contribution < -0.4 is 11.0 Å². The van der Waals surface area contributed by atoms with Crippen molar-refractivity contribution < 1.29 is 23.6 Å². The van der Waals surface area contributed by atoms with Crippen molar-refractivity contribution in [2.45, 2.75) is 45.4 Å². The van der Waals surface area contributed by atoms with E-state index in [0.717, 1.165) is 0 Å². The highest BCUT2D eigenvalue weighted by Crippen LogP contribution is 2.36. The van der Waals surface area contributed by atoms with Crippen LogP contribution in [0.15, 0.2) is 23.1 Å². The smallest absolute Gasteiger partial charge is 0.399 e. The molecule has 0 radical (unpaired) electrons. The van der Waals surface area contributed by atoms with E-state index < -0.39 is 58.7 Å². The molecule has 0 amide bonds. The minimum absolute atomic E-state index is 0.451. The maximum atomic E-state index is 13.3. The van der Waals surface area contributed by atoms with Gasteiger partial charge in [0.1, 0.15) is 1.37 Å². The zero-order valence-corrected chi connectivity index (χ0v) is 11.0. The Kier molecular flexibility index (Phi) is 2.25.